The maximum absolute atomic E-state index is 12.7. The van der Waals surface area contributed by atoms with Gasteiger partial charge < -0.3 is 10.7 Å². The number of nitrogens with two attached hydrogens (primary N) is 1. The number of nitrogen functional groups attached to an aromatic ring is 1. The molecule has 1 heterocycles. The number of nitrogens with one attached hydrogen (secondary N) is 2. The number of amides is 1. The Morgan fingerprint density at radius 1 is 1.53 bits per heavy atom. The molecule has 0 aromatic carbocycles. The highest BCUT2D eigenvalue weighted by Gasteiger charge is 2.41. The molecule has 106 valence electrons. The van der Waals surface area contributed by atoms with Crippen molar-refractivity contribution in [2.75, 3.05) is 12.0 Å². The minimum Gasteiger partial charge on any atom is -0.346 e. The van der Waals surface area contributed by atoms with Crippen LogP contribution in [0.4, 0.5) is 23.4 Å². The van der Waals surface area contributed by atoms with Crippen molar-refractivity contribution in [3.63, 3.8) is 0 Å². The van der Waals surface area contributed by atoms with Crippen molar-refractivity contribution in [1.82, 2.24) is 10.3 Å². The molecule has 0 aliphatic rings. The van der Waals surface area contributed by atoms with E-state index in [1.54, 1.807) is 5.32 Å². The molecule has 4 N–H and O–H groups in total. The topological polar surface area (TPSA) is 80.0 Å². The number of hydrogen-bond donors (Lipinski definition) is 3. The fourth-order valence-electron chi connectivity index (χ4n) is 1.10. The largest absolute Gasteiger partial charge is 0.346 e. The molecule has 0 spiro atoms. The van der Waals surface area contributed by atoms with E-state index < -0.39 is 24.8 Å². The zero-order valence-corrected chi connectivity index (χ0v) is 10.8. The van der Waals surface area contributed by atoms with Crippen molar-refractivity contribution in [2.45, 2.75) is 12.3 Å². The van der Waals surface area contributed by atoms with Crippen LogP contribution in [0.3, 0.4) is 0 Å². The zero-order chi connectivity index (χ0) is 14.6. The van der Waals surface area contributed by atoms with Gasteiger partial charge in [-0.2, -0.15) is 8.78 Å². The van der Waals surface area contributed by atoms with Crippen LogP contribution in [0.1, 0.15) is 10.4 Å². The molecule has 0 saturated heterocycles. The van der Waals surface area contributed by atoms with Crippen molar-refractivity contribution in [2.24, 2.45) is 5.84 Å². The molecular formula is C9H9BrF4N4O. The van der Waals surface area contributed by atoms with Gasteiger partial charge in [0.05, 0.1) is 12.1 Å². The van der Waals surface area contributed by atoms with Gasteiger partial charge in [0.2, 0.25) is 0 Å². The Labute approximate surface area is 113 Å². The van der Waals surface area contributed by atoms with Crippen molar-refractivity contribution in [3.8, 4) is 0 Å². The quantitative estimate of drug-likeness (QED) is 0.432. The third-order valence-electron chi connectivity index (χ3n) is 2.04. The first-order valence-electron chi connectivity index (χ1n) is 4.84. The Bertz CT molecular complexity index is 472. The number of rotatable bonds is 5. The standard InChI is InChI=1S/C9H9BrF4N4O/c10-4-1-5(6(18-15)16-2-4)7(19)17-3-9(13,14)8(11)12/h1-2,8H,3,15H2,(H,16,18)(H,17,19). The van der Waals surface area contributed by atoms with Crippen molar-refractivity contribution >= 4 is 27.7 Å². The summed E-state index contributed by atoms with van der Waals surface area (Å²) in [6, 6.07) is 1.26. The molecule has 10 heteroatoms. The smallest absolute Gasteiger partial charge is 0.324 e. The lowest BCUT2D eigenvalue weighted by atomic mass is 10.2. The van der Waals surface area contributed by atoms with Crippen LogP contribution >= 0.6 is 15.9 Å². The third-order valence-corrected chi connectivity index (χ3v) is 2.47. The Hall–Kier alpha value is -1.42. The summed E-state index contributed by atoms with van der Waals surface area (Å²) in [5.41, 5.74) is 1.94. The summed E-state index contributed by atoms with van der Waals surface area (Å²) in [7, 11) is 0. The second-order valence-electron chi connectivity index (χ2n) is 3.44. The van der Waals surface area contributed by atoms with E-state index in [0.29, 0.717) is 4.47 Å². The second kappa shape index (κ2) is 6.15. The third kappa shape index (κ3) is 4.03. The van der Waals surface area contributed by atoms with E-state index in [1.165, 1.54) is 12.3 Å². The molecule has 0 aliphatic heterocycles. The number of anilines is 1. The van der Waals surface area contributed by atoms with E-state index in [2.05, 4.69) is 26.3 Å². The lowest BCUT2D eigenvalue weighted by Gasteiger charge is -2.16. The van der Waals surface area contributed by atoms with E-state index in [9.17, 15) is 22.4 Å². The molecule has 0 unspecified atom stereocenters. The van der Waals surface area contributed by atoms with Gasteiger partial charge in [0.25, 0.3) is 5.91 Å². The van der Waals surface area contributed by atoms with Crippen LogP contribution in [-0.4, -0.2) is 29.8 Å². The second-order valence-corrected chi connectivity index (χ2v) is 4.35. The van der Waals surface area contributed by atoms with E-state index in [4.69, 9.17) is 5.84 Å². The highest BCUT2D eigenvalue weighted by molar-refractivity contribution is 9.10. The molecule has 5 nitrogen and oxygen atoms in total. The minimum atomic E-state index is -4.30. The van der Waals surface area contributed by atoms with Gasteiger partial charge >= 0.3 is 12.3 Å². The van der Waals surface area contributed by atoms with Gasteiger partial charge in [-0.25, -0.2) is 19.6 Å². The van der Waals surface area contributed by atoms with Gasteiger partial charge in [-0.15, -0.1) is 0 Å². The SMILES string of the molecule is NNc1ncc(Br)cc1C(=O)NCC(F)(F)C(F)F. The Kier molecular flexibility index (Phi) is 5.06. The summed E-state index contributed by atoms with van der Waals surface area (Å²) in [5, 5.41) is 1.70. The molecule has 1 aromatic heterocycles. The molecule has 0 saturated carbocycles. The number of alkyl halides is 4. The van der Waals surface area contributed by atoms with Gasteiger partial charge in [-0.05, 0) is 22.0 Å². The number of carbonyl (C=O) groups is 1. The van der Waals surface area contributed by atoms with Crippen molar-refractivity contribution in [3.05, 3.63) is 22.3 Å². The Morgan fingerprint density at radius 3 is 2.68 bits per heavy atom. The highest BCUT2D eigenvalue weighted by atomic mass is 79.9. The van der Waals surface area contributed by atoms with Crippen LogP contribution in [0, 0.1) is 0 Å². The molecule has 1 aromatic rings. The summed E-state index contributed by atoms with van der Waals surface area (Å²) in [5.74, 6) is -0.274. The average molecular weight is 345 g/mol. The number of nitrogens with zero attached hydrogens (tertiary/aromatic N) is 1. The molecule has 19 heavy (non-hydrogen) atoms. The van der Waals surface area contributed by atoms with E-state index in [-0.39, 0.29) is 11.4 Å². The predicted molar refractivity (Wildman–Crippen MR) is 63.0 cm³/mol. The van der Waals surface area contributed by atoms with Crippen LogP contribution < -0.4 is 16.6 Å². The molecule has 0 aliphatic carbocycles. The molecule has 1 rings (SSSR count). The lowest BCUT2D eigenvalue weighted by molar-refractivity contribution is -0.123. The van der Waals surface area contributed by atoms with Crippen LogP contribution in [0.2, 0.25) is 0 Å². The summed E-state index contributed by atoms with van der Waals surface area (Å²) < 4.78 is 49.6. The monoisotopic (exact) mass is 344 g/mol. The van der Waals surface area contributed by atoms with Gasteiger partial charge in [0.15, 0.2) is 5.82 Å². The minimum absolute atomic E-state index is 0.0685. The van der Waals surface area contributed by atoms with Crippen LogP contribution in [0.25, 0.3) is 0 Å². The summed E-state index contributed by atoms with van der Waals surface area (Å²) in [6.45, 7) is -1.49. The highest BCUT2D eigenvalue weighted by Crippen LogP contribution is 2.22. The van der Waals surface area contributed by atoms with Crippen LogP contribution in [0.5, 0.6) is 0 Å². The summed E-state index contributed by atoms with van der Waals surface area (Å²) in [4.78, 5) is 15.3. The molecule has 0 radical (unpaired) electrons. The van der Waals surface area contributed by atoms with Crippen molar-refractivity contribution in [1.29, 1.82) is 0 Å². The number of pyridine rings is 1. The van der Waals surface area contributed by atoms with Crippen molar-refractivity contribution < 1.29 is 22.4 Å². The van der Waals surface area contributed by atoms with Crippen LogP contribution in [0.15, 0.2) is 16.7 Å². The first kappa shape index (κ1) is 15.6. The maximum atomic E-state index is 12.7. The van der Waals surface area contributed by atoms with E-state index in [1.807, 2.05) is 0 Å². The predicted octanol–water partition coefficient (Wildman–Crippen LogP) is 1.76. The molecule has 0 atom stereocenters. The fraction of sp³-hybridized carbons (Fsp3) is 0.333. The number of aromatic nitrogens is 1. The van der Waals surface area contributed by atoms with E-state index >= 15 is 0 Å². The molecule has 0 bridgehead atoms. The molecule has 1 amide bonds. The van der Waals surface area contributed by atoms with Gasteiger partial charge in [-0.1, -0.05) is 0 Å². The lowest BCUT2D eigenvalue weighted by Crippen LogP contribution is -2.41. The Morgan fingerprint density at radius 2 is 2.16 bits per heavy atom. The molecular weight excluding hydrogens is 336 g/mol. The maximum Gasteiger partial charge on any atom is 0.324 e. The normalized spacial score (nSPS) is 11.5. The number of carbonyl (C=O) groups excluding carboxylic acids is 1. The first-order valence-corrected chi connectivity index (χ1v) is 5.63. The van der Waals surface area contributed by atoms with E-state index in [0.717, 1.165) is 0 Å². The summed E-state index contributed by atoms with van der Waals surface area (Å²) >= 11 is 3.03. The number of hydrogen-bond acceptors (Lipinski definition) is 4. The summed E-state index contributed by atoms with van der Waals surface area (Å²) in [6.07, 6.45) is -2.54. The fourth-order valence-corrected chi connectivity index (χ4v) is 1.43. The number of hydrazine groups is 1. The zero-order valence-electron chi connectivity index (χ0n) is 9.26. The number of halogens is 5. The van der Waals surface area contributed by atoms with Gasteiger partial charge in [0, 0.05) is 10.7 Å². The molecule has 0 fully saturated rings. The average Bonchev–Trinajstić information content (AvgIpc) is 2.35. The van der Waals surface area contributed by atoms with Gasteiger partial charge in [-0.3, -0.25) is 4.79 Å². The Balaban J connectivity index is 2.82. The van der Waals surface area contributed by atoms with Crippen LogP contribution in [-0.2, 0) is 0 Å². The first-order chi connectivity index (χ1) is 8.77. The van der Waals surface area contributed by atoms with Gasteiger partial charge in [0.1, 0.15) is 0 Å².